The summed E-state index contributed by atoms with van der Waals surface area (Å²) >= 11 is 0. The second kappa shape index (κ2) is 9.80. The van der Waals surface area contributed by atoms with E-state index in [1.54, 1.807) is 0 Å². The van der Waals surface area contributed by atoms with Crippen molar-refractivity contribution in [2.75, 3.05) is 27.2 Å². The molecular weight excluding hydrogens is 220 g/mol. The van der Waals surface area contributed by atoms with Crippen LogP contribution in [0.15, 0.2) is 0 Å². The molecule has 0 aliphatic heterocycles. The Morgan fingerprint density at radius 3 is 1.94 bits per heavy atom. The molecule has 1 unspecified atom stereocenters. The minimum Gasteiger partial charge on any atom is -0.302 e. The quantitative estimate of drug-likeness (QED) is 0.650. The van der Waals surface area contributed by atoms with Gasteiger partial charge in [0.1, 0.15) is 0 Å². The minimum absolute atomic E-state index is 0.731. The van der Waals surface area contributed by atoms with E-state index >= 15 is 0 Å². The Balaban J connectivity index is 0.00000137. The number of nitrogens with zero attached hydrogens (tertiary/aromatic N) is 2. The zero-order valence-electron chi connectivity index (χ0n) is 13.9. The molecule has 1 aliphatic rings. The van der Waals surface area contributed by atoms with Gasteiger partial charge in [-0.2, -0.15) is 0 Å². The Labute approximate surface area is 116 Å². The molecule has 0 aromatic carbocycles. The summed E-state index contributed by atoms with van der Waals surface area (Å²) in [5, 5.41) is 0. The van der Waals surface area contributed by atoms with Crippen LogP contribution in [0, 0.1) is 5.92 Å². The van der Waals surface area contributed by atoms with Crippen LogP contribution in [0.3, 0.4) is 0 Å². The standard InChI is InChI=1S/C14H30N2.C2H6/c1-12(2)6-7-13(3)15(4)10-11-16(5)14-8-9-14;1-2/h12-14H,6-11H2,1-5H3;1-2H3. The molecule has 0 N–H and O–H groups in total. The molecule has 1 saturated carbocycles. The minimum atomic E-state index is 0.731. The summed E-state index contributed by atoms with van der Waals surface area (Å²) in [5.74, 6) is 0.838. The topological polar surface area (TPSA) is 6.48 Å². The molecule has 0 heterocycles. The third-order valence-corrected chi connectivity index (χ3v) is 3.89. The van der Waals surface area contributed by atoms with Crippen molar-refractivity contribution in [3.8, 4) is 0 Å². The number of hydrogen-bond acceptors (Lipinski definition) is 2. The monoisotopic (exact) mass is 256 g/mol. The maximum absolute atomic E-state index is 2.52. The van der Waals surface area contributed by atoms with Crippen molar-refractivity contribution in [2.45, 2.75) is 72.4 Å². The van der Waals surface area contributed by atoms with Crippen LogP contribution in [0.25, 0.3) is 0 Å². The first-order valence-corrected chi connectivity index (χ1v) is 7.91. The average Bonchev–Trinajstić information content (AvgIpc) is 3.19. The van der Waals surface area contributed by atoms with Crippen LogP contribution in [-0.4, -0.2) is 49.1 Å². The maximum atomic E-state index is 2.52. The van der Waals surface area contributed by atoms with Crippen molar-refractivity contribution >= 4 is 0 Å². The highest BCUT2D eigenvalue weighted by Crippen LogP contribution is 2.24. The summed E-state index contributed by atoms with van der Waals surface area (Å²) in [5.41, 5.74) is 0. The van der Waals surface area contributed by atoms with Crippen LogP contribution >= 0.6 is 0 Å². The summed E-state index contributed by atoms with van der Waals surface area (Å²) in [6.07, 6.45) is 5.53. The van der Waals surface area contributed by atoms with Crippen molar-refractivity contribution in [3.05, 3.63) is 0 Å². The summed E-state index contributed by atoms with van der Waals surface area (Å²) in [6, 6.07) is 1.63. The zero-order valence-corrected chi connectivity index (χ0v) is 13.9. The molecule has 0 radical (unpaired) electrons. The summed E-state index contributed by atoms with van der Waals surface area (Å²) in [4.78, 5) is 5.03. The van der Waals surface area contributed by atoms with Gasteiger partial charge in [-0.05, 0) is 52.6 Å². The van der Waals surface area contributed by atoms with Crippen LogP contribution in [0.2, 0.25) is 0 Å². The molecule has 2 heteroatoms. The molecule has 0 spiro atoms. The van der Waals surface area contributed by atoms with E-state index < -0.39 is 0 Å². The van der Waals surface area contributed by atoms with Gasteiger partial charge in [0.25, 0.3) is 0 Å². The van der Waals surface area contributed by atoms with E-state index in [4.69, 9.17) is 0 Å². The first kappa shape index (κ1) is 17.9. The summed E-state index contributed by atoms with van der Waals surface area (Å²) in [6.45, 7) is 13.4. The summed E-state index contributed by atoms with van der Waals surface area (Å²) in [7, 11) is 4.54. The Morgan fingerprint density at radius 1 is 0.944 bits per heavy atom. The van der Waals surface area contributed by atoms with E-state index in [9.17, 15) is 0 Å². The number of likely N-dealkylation sites (N-methyl/N-ethyl adjacent to an activating group) is 2. The van der Waals surface area contributed by atoms with E-state index in [-0.39, 0.29) is 0 Å². The number of rotatable bonds is 8. The molecule has 0 amide bonds. The van der Waals surface area contributed by atoms with Crippen molar-refractivity contribution in [3.63, 3.8) is 0 Å². The molecule has 0 bridgehead atoms. The van der Waals surface area contributed by atoms with Gasteiger partial charge in [-0.1, -0.05) is 27.7 Å². The molecule has 1 aliphatic carbocycles. The average molecular weight is 256 g/mol. The van der Waals surface area contributed by atoms with Crippen molar-refractivity contribution in [1.29, 1.82) is 0 Å². The molecule has 0 saturated heterocycles. The molecule has 18 heavy (non-hydrogen) atoms. The normalized spacial score (nSPS) is 17.0. The summed E-state index contributed by atoms with van der Waals surface area (Å²) < 4.78 is 0. The predicted octanol–water partition coefficient (Wildman–Crippen LogP) is 3.86. The Morgan fingerprint density at radius 2 is 1.50 bits per heavy atom. The van der Waals surface area contributed by atoms with Gasteiger partial charge in [0.05, 0.1) is 0 Å². The molecule has 1 atom stereocenters. The van der Waals surface area contributed by atoms with Crippen LogP contribution in [0.5, 0.6) is 0 Å². The SMILES string of the molecule is CC.CC(C)CCC(C)N(C)CCN(C)C1CC1. The van der Waals surface area contributed by atoms with Crippen LogP contribution in [0.4, 0.5) is 0 Å². The van der Waals surface area contributed by atoms with E-state index in [2.05, 4.69) is 44.7 Å². The van der Waals surface area contributed by atoms with Crippen LogP contribution in [0.1, 0.15) is 60.3 Å². The van der Waals surface area contributed by atoms with Gasteiger partial charge >= 0.3 is 0 Å². The Bertz CT molecular complexity index is 188. The maximum Gasteiger partial charge on any atom is 0.0109 e. The first-order chi connectivity index (χ1) is 8.50. The molecular formula is C16H36N2. The largest absolute Gasteiger partial charge is 0.302 e. The van der Waals surface area contributed by atoms with E-state index in [1.807, 2.05) is 13.8 Å². The highest BCUT2D eigenvalue weighted by Gasteiger charge is 2.25. The van der Waals surface area contributed by atoms with Gasteiger partial charge in [-0.15, -0.1) is 0 Å². The molecule has 2 nitrogen and oxygen atoms in total. The number of hydrogen-bond donors (Lipinski definition) is 0. The van der Waals surface area contributed by atoms with E-state index in [1.165, 1.54) is 38.8 Å². The van der Waals surface area contributed by atoms with Gasteiger partial charge in [0.15, 0.2) is 0 Å². The molecule has 1 rings (SSSR count). The zero-order chi connectivity index (χ0) is 14.1. The lowest BCUT2D eigenvalue weighted by atomic mass is 10.0. The highest BCUT2D eigenvalue weighted by atomic mass is 15.2. The molecule has 1 fully saturated rings. The fourth-order valence-corrected chi connectivity index (χ4v) is 2.03. The fourth-order valence-electron chi connectivity index (χ4n) is 2.03. The van der Waals surface area contributed by atoms with Crippen molar-refractivity contribution in [2.24, 2.45) is 5.92 Å². The second-order valence-corrected chi connectivity index (χ2v) is 6.01. The van der Waals surface area contributed by atoms with Crippen LogP contribution < -0.4 is 0 Å². The third-order valence-electron chi connectivity index (χ3n) is 3.89. The van der Waals surface area contributed by atoms with E-state index in [0.717, 1.165) is 18.0 Å². The second-order valence-electron chi connectivity index (χ2n) is 6.01. The predicted molar refractivity (Wildman–Crippen MR) is 83.2 cm³/mol. The Hall–Kier alpha value is -0.0800. The van der Waals surface area contributed by atoms with Gasteiger partial charge < -0.3 is 9.80 Å². The van der Waals surface area contributed by atoms with Gasteiger partial charge in [0.2, 0.25) is 0 Å². The lowest BCUT2D eigenvalue weighted by molar-refractivity contribution is 0.199. The van der Waals surface area contributed by atoms with Gasteiger partial charge in [-0.25, -0.2) is 0 Å². The lowest BCUT2D eigenvalue weighted by Crippen LogP contribution is -2.36. The van der Waals surface area contributed by atoms with Crippen LogP contribution in [-0.2, 0) is 0 Å². The molecule has 110 valence electrons. The molecule has 0 aromatic heterocycles. The lowest BCUT2D eigenvalue weighted by Gasteiger charge is -2.27. The van der Waals surface area contributed by atoms with Crippen molar-refractivity contribution < 1.29 is 0 Å². The highest BCUT2D eigenvalue weighted by molar-refractivity contribution is 4.82. The van der Waals surface area contributed by atoms with Crippen molar-refractivity contribution in [1.82, 2.24) is 9.80 Å². The molecule has 0 aromatic rings. The fraction of sp³-hybridized carbons (Fsp3) is 1.00. The smallest absolute Gasteiger partial charge is 0.0109 e. The van der Waals surface area contributed by atoms with Gasteiger partial charge in [-0.3, -0.25) is 0 Å². The Kier molecular flexibility index (Phi) is 9.76. The van der Waals surface area contributed by atoms with E-state index in [0.29, 0.717) is 0 Å². The third kappa shape index (κ3) is 8.10. The first-order valence-electron chi connectivity index (χ1n) is 7.91. The van der Waals surface area contributed by atoms with Gasteiger partial charge in [0, 0.05) is 25.2 Å².